The van der Waals surface area contributed by atoms with E-state index in [0.717, 1.165) is 27.2 Å². The van der Waals surface area contributed by atoms with Crippen molar-refractivity contribution in [1.29, 1.82) is 0 Å². The quantitative estimate of drug-likeness (QED) is 0.658. The van der Waals surface area contributed by atoms with E-state index in [1.165, 1.54) is 5.56 Å². The number of fused-ring (bicyclic) bond motifs is 1. The first-order chi connectivity index (χ1) is 9.15. The summed E-state index contributed by atoms with van der Waals surface area (Å²) in [5.41, 5.74) is 3.45. The number of imidazole rings is 1. The molecule has 0 spiro atoms. The third kappa shape index (κ3) is 2.48. The molecule has 3 aromatic rings. The van der Waals surface area contributed by atoms with Gasteiger partial charge in [-0.3, -0.25) is 0 Å². The number of H-pyrrole nitrogens is 1. The van der Waals surface area contributed by atoms with Crippen molar-refractivity contribution < 1.29 is 0 Å². The third-order valence-electron chi connectivity index (χ3n) is 3.23. The van der Waals surface area contributed by atoms with Gasteiger partial charge in [-0.15, -0.1) is 0 Å². The molecule has 98 valence electrons. The van der Waals surface area contributed by atoms with E-state index in [1.807, 2.05) is 18.2 Å². The van der Waals surface area contributed by atoms with Crippen LogP contribution in [0.3, 0.4) is 0 Å². The Kier molecular flexibility index (Phi) is 3.48. The van der Waals surface area contributed by atoms with Crippen molar-refractivity contribution in [2.75, 3.05) is 0 Å². The maximum atomic E-state index is 6.01. The van der Waals surface area contributed by atoms with E-state index in [4.69, 9.17) is 23.8 Å². The molecule has 3 rings (SSSR count). The number of aromatic nitrogens is 2. The molecule has 2 aromatic heterocycles. The summed E-state index contributed by atoms with van der Waals surface area (Å²) in [6.45, 7) is 2.19. The first kappa shape index (κ1) is 12.9. The summed E-state index contributed by atoms with van der Waals surface area (Å²) in [6, 6.07) is 8.32. The van der Waals surface area contributed by atoms with Crippen molar-refractivity contribution in [3.8, 4) is 0 Å². The molecule has 1 atom stereocenters. The molecule has 0 bridgehead atoms. The maximum absolute atomic E-state index is 6.01. The van der Waals surface area contributed by atoms with Gasteiger partial charge in [0.05, 0.1) is 11.0 Å². The van der Waals surface area contributed by atoms with Crippen LogP contribution in [0.1, 0.15) is 18.5 Å². The molecule has 0 aliphatic carbocycles. The third-order valence-corrected chi connectivity index (χ3v) is 4.50. The lowest BCUT2D eigenvalue weighted by Crippen LogP contribution is -2.07. The summed E-state index contributed by atoms with van der Waals surface area (Å²) in [5, 5.41) is 5.02. The van der Waals surface area contributed by atoms with Gasteiger partial charge in [-0.1, -0.05) is 11.6 Å². The minimum atomic E-state index is 0.317. The molecule has 1 unspecified atom stereocenters. The molecule has 1 aromatic carbocycles. The Balaban J connectivity index is 2.04. The monoisotopic (exact) mass is 308 g/mol. The van der Waals surface area contributed by atoms with Gasteiger partial charge in [-0.2, -0.15) is 11.3 Å². The Morgan fingerprint density at radius 1 is 1.42 bits per heavy atom. The molecular formula is C14H13ClN2S2. The van der Waals surface area contributed by atoms with Crippen molar-refractivity contribution in [2.45, 2.75) is 19.4 Å². The first-order valence-corrected chi connectivity index (χ1v) is 7.79. The Morgan fingerprint density at radius 3 is 3.00 bits per heavy atom. The van der Waals surface area contributed by atoms with Crippen LogP contribution in [0.5, 0.6) is 0 Å². The maximum Gasteiger partial charge on any atom is 0.178 e. The highest BCUT2D eigenvalue weighted by Crippen LogP contribution is 2.24. The van der Waals surface area contributed by atoms with Gasteiger partial charge < -0.3 is 9.55 Å². The van der Waals surface area contributed by atoms with E-state index in [1.54, 1.807) is 11.3 Å². The van der Waals surface area contributed by atoms with Gasteiger partial charge in [-0.05, 0) is 66.2 Å². The minimum Gasteiger partial charge on any atom is -0.331 e. The van der Waals surface area contributed by atoms with Gasteiger partial charge in [-0.25, -0.2) is 0 Å². The lowest BCUT2D eigenvalue weighted by Gasteiger charge is -2.13. The number of hydrogen-bond acceptors (Lipinski definition) is 2. The van der Waals surface area contributed by atoms with Gasteiger partial charge >= 0.3 is 0 Å². The molecular weight excluding hydrogens is 296 g/mol. The molecule has 0 saturated heterocycles. The zero-order chi connectivity index (χ0) is 13.4. The van der Waals surface area contributed by atoms with E-state index < -0.39 is 0 Å². The lowest BCUT2D eigenvalue weighted by atomic mass is 10.1. The fourth-order valence-electron chi connectivity index (χ4n) is 2.38. The normalized spacial score (nSPS) is 12.9. The Hall–Kier alpha value is -1.10. The number of hydrogen-bond donors (Lipinski definition) is 1. The van der Waals surface area contributed by atoms with Gasteiger partial charge in [0.2, 0.25) is 0 Å². The van der Waals surface area contributed by atoms with E-state index >= 15 is 0 Å². The molecule has 0 aliphatic heterocycles. The van der Waals surface area contributed by atoms with Crippen LogP contribution in [0.2, 0.25) is 5.02 Å². The molecule has 19 heavy (non-hydrogen) atoms. The molecule has 1 N–H and O–H groups in total. The molecule has 0 amide bonds. The zero-order valence-corrected chi connectivity index (χ0v) is 12.8. The zero-order valence-electron chi connectivity index (χ0n) is 10.4. The van der Waals surface area contributed by atoms with Crippen LogP contribution in [-0.4, -0.2) is 9.55 Å². The SMILES string of the molecule is CC(Cc1ccsc1)n1c(=S)[nH]c2cc(Cl)ccc21. The topological polar surface area (TPSA) is 20.7 Å². The van der Waals surface area contributed by atoms with E-state index in [0.29, 0.717) is 6.04 Å². The smallest absolute Gasteiger partial charge is 0.178 e. The summed E-state index contributed by atoms with van der Waals surface area (Å²) in [6.07, 6.45) is 0.980. The van der Waals surface area contributed by atoms with Crippen LogP contribution in [0, 0.1) is 4.77 Å². The molecule has 2 heterocycles. The van der Waals surface area contributed by atoms with Crippen molar-refractivity contribution >= 4 is 46.2 Å². The van der Waals surface area contributed by atoms with Crippen LogP contribution < -0.4 is 0 Å². The average Bonchev–Trinajstić information content (AvgIpc) is 2.95. The molecule has 5 heteroatoms. The number of thiophene rings is 1. The predicted octanol–water partition coefficient (Wildman–Crippen LogP) is 5.22. The number of nitrogens with zero attached hydrogens (tertiary/aromatic N) is 1. The van der Waals surface area contributed by atoms with E-state index in [-0.39, 0.29) is 0 Å². The van der Waals surface area contributed by atoms with E-state index in [2.05, 4.69) is 33.3 Å². The molecule has 0 radical (unpaired) electrons. The van der Waals surface area contributed by atoms with Crippen LogP contribution in [0.25, 0.3) is 11.0 Å². The summed E-state index contributed by atoms with van der Waals surface area (Å²) < 4.78 is 2.92. The minimum absolute atomic E-state index is 0.317. The van der Waals surface area contributed by atoms with Crippen LogP contribution in [-0.2, 0) is 6.42 Å². The van der Waals surface area contributed by atoms with Gasteiger partial charge in [0.25, 0.3) is 0 Å². The van der Waals surface area contributed by atoms with Crippen LogP contribution in [0.4, 0.5) is 0 Å². The van der Waals surface area contributed by atoms with Crippen molar-refractivity contribution in [3.63, 3.8) is 0 Å². The summed E-state index contributed by atoms with van der Waals surface area (Å²) in [7, 11) is 0. The van der Waals surface area contributed by atoms with Crippen LogP contribution in [0.15, 0.2) is 35.0 Å². The Bertz CT molecular complexity index is 755. The molecule has 2 nitrogen and oxygen atoms in total. The second kappa shape index (κ2) is 5.12. The van der Waals surface area contributed by atoms with E-state index in [9.17, 15) is 0 Å². The summed E-state index contributed by atoms with van der Waals surface area (Å²) in [4.78, 5) is 3.22. The molecule has 0 saturated carbocycles. The highest BCUT2D eigenvalue weighted by Gasteiger charge is 2.12. The van der Waals surface area contributed by atoms with Crippen molar-refractivity contribution in [3.05, 3.63) is 50.4 Å². The Morgan fingerprint density at radius 2 is 2.26 bits per heavy atom. The number of nitrogens with one attached hydrogen (secondary N) is 1. The standard InChI is InChI=1S/C14H13ClN2S2/c1-9(6-10-4-5-19-8-10)17-13-3-2-11(15)7-12(13)16-14(17)18/h2-5,7-9H,6H2,1H3,(H,16,18). The first-order valence-electron chi connectivity index (χ1n) is 6.06. The number of halogens is 1. The fraction of sp³-hybridized carbons (Fsp3) is 0.214. The van der Waals surface area contributed by atoms with Gasteiger partial charge in [0, 0.05) is 11.1 Å². The average molecular weight is 309 g/mol. The summed E-state index contributed by atoms with van der Waals surface area (Å²) in [5.74, 6) is 0. The Labute approximate surface area is 125 Å². The lowest BCUT2D eigenvalue weighted by molar-refractivity contribution is 0.554. The highest BCUT2D eigenvalue weighted by atomic mass is 35.5. The van der Waals surface area contributed by atoms with Gasteiger partial charge in [0.1, 0.15) is 0 Å². The highest BCUT2D eigenvalue weighted by molar-refractivity contribution is 7.71. The predicted molar refractivity (Wildman–Crippen MR) is 84.9 cm³/mol. The van der Waals surface area contributed by atoms with Crippen molar-refractivity contribution in [1.82, 2.24) is 9.55 Å². The molecule has 0 aliphatic rings. The largest absolute Gasteiger partial charge is 0.331 e. The summed E-state index contributed by atoms with van der Waals surface area (Å²) >= 11 is 13.2. The van der Waals surface area contributed by atoms with Crippen molar-refractivity contribution in [2.24, 2.45) is 0 Å². The number of rotatable bonds is 3. The van der Waals surface area contributed by atoms with Gasteiger partial charge in [0.15, 0.2) is 4.77 Å². The second-order valence-electron chi connectivity index (χ2n) is 4.65. The molecule has 0 fully saturated rings. The number of benzene rings is 1. The van der Waals surface area contributed by atoms with Crippen LogP contribution >= 0.6 is 35.2 Å². The fourth-order valence-corrected chi connectivity index (χ4v) is 3.62. The second-order valence-corrected chi connectivity index (χ2v) is 6.25. The number of aromatic amines is 1.